The van der Waals surface area contributed by atoms with E-state index in [2.05, 4.69) is 29.6 Å². The third-order valence-electron chi connectivity index (χ3n) is 3.60. The zero-order chi connectivity index (χ0) is 18.1. The molecule has 0 aliphatic heterocycles. The fraction of sp³-hybridized carbons (Fsp3) is 0.600. The maximum absolute atomic E-state index is 12.1. The highest BCUT2D eigenvalue weighted by Crippen LogP contribution is 2.24. The normalized spacial score (nSPS) is 12.9. The summed E-state index contributed by atoms with van der Waals surface area (Å²) in [6, 6.07) is 2.67. The van der Waals surface area contributed by atoms with Gasteiger partial charge in [-0.1, -0.05) is 38.2 Å². The molecular formula is C15H24ClN3O3SSi. The maximum Gasteiger partial charge on any atom is 0.231 e. The van der Waals surface area contributed by atoms with Crippen LogP contribution in [-0.4, -0.2) is 43.9 Å². The monoisotopic (exact) mass is 389 g/mol. The van der Waals surface area contributed by atoms with Crippen molar-refractivity contribution in [2.45, 2.75) is 50.9 Å². The van der Waals surface area contributed by atoms with E-state index in [1.54, 1.807) is 6.07 Å². The fourth-order valence-electron chi connectivity index (χ4n) is 2.22. The minimum Gasteiger partial charge on any atom is -0.361 e. The summed E-state index contributed by atoms with van der Waals surface area (Å²) in [5, 5.41) is 0.455. The van der Waals surface area contributed by atoms with Crippen LogP contribution in [0, 0.1) is 0 Å². The summed E-state index contributed by atoms with van der Waals surface area (Å²) in [5.41, 5.74) is 1.67. The van der Waals surface area contributed by atoms with E-state index in [0.717, 1.165) is 12.3 Å². The number of ether oxygens (including phenoxy) is 1. The molecule has 0 radical (unpaired) electrons. The number of nitrogens with zero attached hydrogens (tertiary/aromatic N) is 3. The second-order valence-electron chi connectivity index (χ2n) is 7.06. The van der Waals surface area contributed by atoms with Crippen LogP contribution in [0.1, 0.15) is 12.6 Å². The van der Waals surface area contributed by atoms with Gasteiger partial charge in [-0.05, 0) is 18.5 Å². The van der Waals surface area contributed by atoms with Gasteiger partial charge in [0.25, 0.3) is 0 Å². The van der Waals surface area contributed by atoms with Gasteiger partial charge in [-0.15, -0.1) is 0 Å². The fourth-order valence-corrected chi connectivity index (χ4v) is 4.06. The second-order valence-corrected chi connectivity index (χ2v) is 15.0. The van der Waals surface area contributed by atoms with Crippen LogP contribution in [0.2, 0.25) is 30.7 Å². The lowest BCUT2D eigenvalue weighted by atomic mass is 10.3. The first-order valence-corrected chi connectivity index (χ1v) is 13.8. The highest BCUT2D eigenvalue weighted by Gasteiger charge is 2.22. The summed E-state index contributed by atoms with van der Waals surface area (Å²) in [4.78, 5) is 8.69. The molecule has 2 aromatic rings. The number of fused-ring (bicyclic) bond motifs is 1. The highest BCUT2D eigenvalue weighted by molar-refractivity contribution is 7.90. The number of hydrogen-bond acceptors (Lipinski definition) is 5. The van der Waals surface area contributed by atoms with Crippen LogP contribution >= 0.6 is 11.6 Å². The Bertz CT molecular complexity index is 844. The lowest BCUT2D eigenvalue weighted by Gasteiger charge is -2.16. The molecule has 0 atom stereocenters. The van der Waals surface area contributed by atoms with Crippen molar-refractivity contribution in [3.8, 4) is 0 Å². The number of halogens is 1. The minimum atomic E-state index is -3.50. The van der Waals surface area contributed by atoms with Crippen molar-refractivity contribution in [2.24, 2.45) is 0 Å². The largest absolute Gasteiger partial charge is 0.361 e. The Morgan fingerprint density at radius 1 is 1.29 bits per heavy atom. The molecule has 2 aromatic heterocycles. The molecule has 0 amide bonds. The van der Waals surface area contributed by atoms with E-state index in [-0.39, 0.29) is 11.9 Å². The summed E-state index contributed by atoms with van der Waals surface area (Å²) in [7, 11) is -4.70. The molecule has 0 N–H and O–H groups in total. The van der Waals surface area contributed by atoms with Crippen LogP contribution in [0.4, 0.5) is 0 Å². The van der Waals surface area contributed by atoms with Crippen LogP contribution < -0.4 is 0 Å². The minimum absolute atomic E-state index is 0.0395. The molecule has 0 spiro atoms. The Kier molecular flexibility index (Phi) is 5.74. The summed E-state index contributed by atoms with van der Waals surface area (Å²) in [5.74, 6) is 0. The van der Waals surface area contributed by atoms with Crippen molar-refractivity contribution in [3.63, 3.8) is 0 Å². The zero-order valence-corrected chi connectivity index (χ0v) is 17.3. The van der Waals surface area contributed by atoms with Crippen molar-refractivity contribution in [3.05, 3.63) is 16.8 Å². The Hall–Kier alpha value is -0.963. The first kappa shape index (κ1) is 19.4. The van der Waals surface area contributed by atoms with E-state index in [1.807, 2.05) is 6.92 Å². The van der Waals surface area contributed by atoms with Gasteiger partial charge < -0.3 is 4.74 Å². The first-order valence-electron chi connectivity index (χ1n) is 7.86. The standard InChI is InChI=1S/C15H24ClN3O3SSi/c1-6-12-11(16)9-13-14(17-12)19(15(18-13)23(2,20)21)10-22-7-8-24(3,4)5/h9H,6-8,10H2,1-5H3. The van der Waals surface area contributed by atoms with Gasteiger partial charge >= 0.3 is 0 Å². The second kappa shape index (κ2) is 7.11. The molecule has 2 heterocycles. The average molecular weight is 390 g/mol. The molecule has 24 heavy (non-hydrogen) atoms. The summed E-state index contributed by atoms with van der Waals surface area (Å²) >= 11 is 6.17. The van der Waals surface area contributed by atoms with Gasteiger partial charge in [0.2, 0.25) is 15.0 Å². The van der Waals surface area contributed by atoms with Crippen LogP contribution in [0.25, 0.3) is 11.2 Å². The molecule has 0 aliphatic rings. The molecule has 9 heteroatoms. The third-order valence-corrected chi connectivity index (χ3v) is 6.60. The van der Waals surface area contributed by atoms with Crippen molar-refractivity contribution in [2.75, 3.05) is 12.9 Å². The zero-order valence-electron chi connectivity index (χ0n) is 14.8. The SMILES string of the molecule is CCc1nc2c(cc1Cl)nc(S(C)(=O)=O)n2COCC[Si](C)(C)C. The molecule has 0 bridgehead atoms. The predicted molar refractivity (Wildman–Crippen MR) is 99.1 cm³/mol. The van der Waals surface area contributed by atoms with Crippen LogP contribution in [-0.2, 0) is 27.7 Å². The number of aromatic nitrogens is 3. The maximum atomic E-state index is 12.1. The topological polar surface area (TPSA) is 74.1 Å². The van der Waals surface area contributed by atoms with E-state index in [0.29, 0.717) is 34.9 Å². The smallest absolute Gasteiger partial charge is 0.231 e. The third kappa shape index (κ3) is 4.56. The van der Waals surface area contributed by atoms with E-state index >= 15 is 0 Å². The molecular weight excluding hydrogens is 366 g/mol. The predicted octanol–water partition coefficient (Wildman–Crippen LogP) is 3.36. The summed E-state index contributed by atoms with van der Waals surface area (Å²) < 4.78 is 31.4. The molecule has 0 saturated carbocycles. The van der Waals surface area contributed by atoms with Gasteiger partial charge in [-0.2, -0.15) is 0 Å². The molecule has 0 fully saturated rings. The lowest BCUT2D eigenvalue weighted by molar-refractivity contribution is 0.0834. The Morgan fingerprint density at radius 2 is 1.96 bits per heavy atom. The van der Waals surface area contributed by atoms with Crippen molar-refractivity contribution >= 4 is 40.7 Å². The van der Waals surface area contributed by atoms with Crippen LogP contribution in [0.3, 0.4) is 0 Å². The molecule has 6 nitrogen and oxygen atoms in total. The van der Waals surface area contributed by atoms with E-state index < -0.39 is 17.9 Å². The Balaban J connectivity index is 2.41. The Labute approximate surface area is 149 Å². The molecule has 2 rings (SSSR count). The number of imidazole rings is 1. The van der Waals surface area contributed by atoms with E-state index in [4.69, 9.17) is 16.3 Å². The molecule has 0 unspecified atom stereocenters. The number of sulfone groups is 1. The number of aryl methyl sites for hydroxylation is 1. The number of rotatable bonds is 7. The molecule has 0 aromatic carbocycles. The van der Waals surface area contributed by atoms with Gasteiger partial charge in [0.15, 0.2) is 5.65 Å². The number of hydrogen-bond donors (Lipinski definition) is 0. The highest BCUT2D eigenvalue weighted by atomic mass is 35.5. The van der Waals surface area contributed by atoms with Gasteiger partial charge in [0, 0.05) is 20.9 Å². The number of pyridine rings is 1. The van der Waals surface area contributed by atoms with Crippen molar-refractivity contribution < 1.29 is 13.2 Å². The molecule has 0 aliphatic carbocycles. The van der Waals surface area contributed by atoms with Crippen molar-refractivity contribution in [1.82, 2.24) is 14.5 Å². The van der Waals surface area contributed by atoms with E-state index in [9.17, 15) is 8.42 Å². The van der Waals surface area contributed by atoms with E-state index in [1.165, 1.54) is 4.57 Å². The van der Waals surface area contributed by atoms with Crippen molar-refractivity contribution in [1.29, 1.82) is 0 Å². The summed E-state index contributed by atoms with van der Waals surface area (Å²) in [6.45, 7) is 9.45. The molecule has 0 saturated heterocycles. The molecule has 134 valence electrons. The average Bonchev–Trinajstić information content (AvgIpc) is 2.79. The van der Waals surface area contributed by atoms with Crippen LogP contribution in [0.15, 0.2) is 11.2 Å². The quantitative estimate of drug-likeness (QED) is 0.536. The Morgan fingerprint density at radius 3 is 2.50 bits per heavy atom. The lowest BCUT2D eigenvalue weighted by Crippen LogP contribution is -2.22. The van der Waals surface area contributed by atoms with Gasteiger partial charge in [0.05, 0.1) is 10.7 Å². The first-order chi connectivity index (χ1) is 11.0. The van der Waals surface area contributed by atoms with Gasteiger partial charge in [-0.3, -0.25) is 4.57 Å². The summed E-state index contributed by atoms with van der Waals surface area (Å²) in [6.07, 6.45) is 1.79. The van der Waals surface area contributed by atoms with Crippen LogP contribution in [0.5, 0.6) is 0 Å². The van der Waals surface area contributed by atoms with Gasteiger partial charge in [0.1, 0.15) is 12.2 Å². The van der Waals surface area contributed by atoms with Gasteiger partial charge in [-0.25, -0.2) is 18.4 Å².